The van der Waals surface area contributed by atoms with Crippen molar-refractivity contribution in [2.75, 3.05) is 6.26 Å². The summed E-state index contributed by atoms with van der Waals surface area (Å²) in [6.07, 6.45) is 4.49. The number of rotatable bonds is 4. The van der Waals surface area contributed by atoms with E-state index in [0.717, 1.165) is 12.0 Å². The molecule has 2 rings (SSSR count). The summed E-state index contributed by atoms with van der Waals surface area (Å²) >= 11 is 1.34. The normalized spacial score (nSPS) is 11.2. The quantitative estimate of drug-likeness (QED) is 0.638. The first-order valence-corrected chi connectivity index (χ1v) is 7.51. The molecule has 2 aromatic rings. The molecule has 0 amide bonds. The average Bonchev–Trinajstić information content (AvgIpc) is 2.49. The molecular formula is C14H16N4OS. The van der Waals surface area contributed by atoms with Crippen LogP contribution in [-0.4, -0.2) is 27.3 Å². The summed E-state index contributed by atoms with van der Waals surface area (Å²) in [4.78, 5) is 12.0. The molecule has 0 radical (unpaired) electrons. The van der Waals surface area contributed by atoms with Gasteiger partial charge in [0.1, 0.15) is 5.69 Å². The van der Waals surface area contributed by atoms with Crippen LogP contribution in [0.25, 0.3) is 0 Å². The van der Waals surface area contributed by atoms with Gasteiger partial charge in [-0.05, 0) is 30.7 Å². The molecule has 0 bridgehead atoms. The van der Waals surface area contributed by atoms with E-state index in [0.29, 0.717) is 10.9 Å². The van der Waals surface area contributed by atoms with Crippen LogP contribution in [0.4, 0.5) is 0 Å². The van der Waals surface area contributed by atoms with Gasteiger partial charge in [0.25, 0.3) is 5.56 Å². The zero-order valence-electron chi connectivity index (χ0n) is 11.7. The predicted molar refractivity (Wildman–Crippen MR) is 81.6 cm³/mol. The Balaban J connectivity index is 2.35. The summed E-state index contributed by atoms with van der Waals surface area (Å²) < 4.78 is 1.28. The van der Waals surface area contributed by atoms with Crippen molar-refractivity contribution in [1.29, 1.82) is 0 Å². The maximum Gasteiger partial charge on any atom is 0.296 e. The van der Waals surface area contributed by atoms with Crippen molar-refractivity contribution in [3.63, 3.8) is 0 Å². The summed E-state index contributed by atoms with van der Waals surface area (Å²) in [5, 5.41) is 12.5. The molecule has 20 heavy (non-hydrogen) atoms. The molecule has 0 aliphatic rings. The Bertz CT molecular complexity index is 677. The fraction of sp³-hybridized carbons (Fsp3) is 0.286. The molecule has 104 valence electrons. The fourth-order valence-electron chi connectivity index (χ4n) is 1.64. The van der Waals surface area contributed by atoms with Crippen LogP contribution in [-0.2, 0) is 6.42 Å². The van der Waals surface area contributed by atoms with E-state index in [1.807, 2.05) is 18.4 Å². The fourth-order valence-corrected chi connectivity index (χ4v) is 2.06. The van der Waals surface area contributed by atoms with Gasteiger partial charge in [0.05, 0.1) is 6.21 Å². The van der Waals surface area contributed by atoms with E-state index >= 15 is 0 Å². The highest BCUT2D eigenvalue weighted by Crippen LogP contribution is 2.08. The van der Waals surface area contributed by atoms with Crippen LogP contribution in [0, 0.1) is 6.92 Å². The van der Waals surface area contributed by atoms with Crippen molar-refractivity contribution < 1.29 is 0 Å². The standard InChI is InChI=1S/C14H16N4OS/c1-4-11-5-7-12(8-6-11)9-15-18-13(19)10(2)16-17-14(18)20-3/h5-9H,4H2,1-3H3/b15-9-. The molecule has 0 N–H and O–H groups in total. The molecule has 0 spiro atoms. The van der Waals surface area contributed by atoms with Gasteiger partial charge in [0, 0.05) is 0 Å². The van der Waals surface area contributed by atoms with Crippen LogP contribution in [0.1, 0.15) is 23.7 Å². The van der Waals surface area contributed by atoms with Gasteiger partial charge in [-0.1, -0.05) is 43.0 Å². The summed E-state index contributed by atoms with van der Waals surface area (Å²) in [7, 11) is 0. The smallest absolute Gasteiger partial charge is 0.265 e. The topological polar surface area (TPSA) is 60.1 Å². The molecule has 1 aromatic heterocycles. The maximum absolute atomic E-state index is 12.0. The van der Waals surface area contributed by atoms with Crippen molar-refractivity contribution in [3.05, 3.63) is 51.4 Å². The third kappa shape index (κ3) is 3.14. The molecule has 0 aliphatic heterocycles. The van der Waals surface area contributed by atoms with Gasteiger partial charge in [-0.25, -0.2) is 0 Å². The van der Waals surface area contributed by atoms with Gasteiger partial charge in [-0.3, -0.25) is 4.79 Å². The maximum atomic E-state index is 12.0. The third-order valence-corrected chi connectivity index (χ3v) is 3.48. The first-order valence-electron chi connectivity index (χ1n) is 6.29. The molecule has 0 unspecified atom stereocenters. The zero-order chi connectivity index (χ0) is 14.5. The van der Waals surface area contributed by atoms with E-state index in [1.54, 1.807) is 13.1 Å². The van der Waals surface area contributed by atoms with Crippen molar-refractivity contribution in [1.82, 2.24) is 14.9 Å². The lowest BCUT2D eigenvalue weighted by Gasteiger charge is -2.03. The monoisotopic (exact) mass is 288 g/mol. The second-order valence-electron chi connectivity index (χ2n) is 4.23. The van der Waals surface area contributed by atoms with Crippen LogP contribution in [0.2, 0.25) is 0 Å². The van der Waals surface area contributed by atoms with Crippen molar-refractivity contribution in [2.24, 2.45) is 5.10 Å². The van der Waals surface area contributed by atoms with Crippen LogP contribution in [0.3, 0.4) is 0 Å². The van der Waals surface area contributed by atoms with Gasteiger partial charge in [-0.15, -0.1) is 10.2 Å². The van der Waals surface area contributed by atoms with Gasteiger partial charge in [0.15, 0.2) is 0 Å². The molecule has 0 aliphatic carbocycles. The average molecular weight is 288 g/mol. The Morgan fingerprint density at radius 3 is 2.60 bits per heavy atom. The highest BCUT2D eigenvalue weighted by atomic mass is 32.2. The minimum atomic E-state index is -0.245. The number of thioether (sulfide) groups is 1. The Kier molecular flexibility index (Phi) is 4.68. The third-order valence-electron chi connectivity index (χ3n) is 2.86. The number of benzene rings is 1. The van der Waals surface area contributed by atoms with Crippen LogP contribution >= 0.6 is 11.8 Å². The second kappa shape index (κ2) is 6.47. The first-order chi connectivity index (χ1) is 9.65. The van der Waals surface area contributed by atoms with E-state index in [2.05, 4.69) is 34.4 Å². The van der Waals surface area contributed by atoms with Crippen LogP contribution in [0.15, 0.2) is 39.3 Å². The number of nitrogens with zero attached hydrogens (tertiary/aromatic N) is 4. The largest absolute Gasteiger partial charge is 0.296 e. The zero-order valence-corrected chi connectivity index (χ0v) is 12.5. The van der Waals surface area contributed by atoms with Crippen LogP contribution < -0.4 is 5.56 Å². The number of hydrogen-bond acceptors (Lipinski definition) is 5. The number of aromatic nitrogens is 3. The molecule has 1 aromatic carbocycles. The predicted octanol–water partition coefficient (Wildman–Crippen LogP) is 2.11. The Hall–Kier alpha value is -1.95. The highest BCUT2D eigenvalue weighted by molar-refractivity contribution is 7.98. The molecular weight excluding hydrogens is 272 g/mol. The van der Waals surface area contributed by atoms with Gasteiger partial charge in [0.2, 0.25) is 5.16 Å². The highest BCUT2D eigenvalue weighted by Gasteiger charge is 2.06. The summed E-state index contributed by atoms with van der Waals surface area (Å²) in [6.45, 7) is 3.74. The Labute approximate surface area is 121 Å². The lowest BCUT2D eigenvalue weighted by molar-refractivity contribution is 0.635. The summed E-state index contributed by atoms with van der Waals surface area (Å²) in [6, 6.07) is 8.06. The summed E-state index contributed by atoms with van der Waals surface area (Å²) in [5.41, 5.74) is 2.30. The van der Waals surface area contributed by atoms with E-state index in [4.69, 9.17) is 0 Å². The first kappa shape index (κ1) is 14.5. The van der Waals surface area contributed by atoms with Gasteiger partial charge in [-0.2, -0.15) is 9.78 Å². The van der Waals surface area contributed by atoms with Crippen LogP contribution in [0.5, 0.6) is 0 Å². The Morgan fingerprint density at radius 2 is 2.00 bits per heavy atom. The molecule has 0 saturated carbocycles. The minimum absolute atomic E-state index is 0.245. The molecule has 5 nitrogen and oxygen atoms in total. The van der Waals surface area contributed by atoms with E-state index in [9.17, 15) is 4.79 Å². The van der Waals surface area contributed by atoms with Gasteiger partial charge >= 0.3 is 0 Å². The van der Waals surface area contributed by atoms with Crippen molar-refractivity contribution in [3.8, 4) is 0 Å². The van der Waals surface area contributed by atoms with E-state index in [1.165, 1.54) is 22.0 Å². The molecule has 1 heterocycles. The number of hydrogen-bond donors (Lipinski definition) is 0. The van der Waals surface area contributed by atoms with E-state index < -0.39 is 0 Å². The number of aryl methyl sites for hydroxylation is 2. The molecule has 0 saturated heterocycles. The van der Waals surface area contributed by atoms with Crippen molar-refractivity contribution in [2.45, 2.75) is 25.4 Å². The lowest BCUT2D eigenvalue weighted by Crippen LogP contribution is -2.23. The second-order valence-corrected chi connectivity index (χ2v) is 5.00. The minimum Gasteiger partial charge on any atom is -0.265 e. The Morgan fingerprint density at radius 1 is 1.30 bits per heavy atom. The SMILES string of the molecule is CCc1ccc(/C=N\n2c(SC)nnc(C)c2=O)cc1. The molecule has 0 fully saturated rings. The van der Waals surface area contributed by atoms with E-state index in [-0.39, 0.29) is 5.56 Å². The molecule has 0 atom stereocenters. The lowest BCUT2D eigenvalue weighted by atomic mass is 10.1. The van der Waals surface area contributed by atoms with Gasteiger partial charge < -0.3 is 0 Å². The molecule has 6 heteroatoms. The van der Waals surface area contributed by atoms with Crippen molar-refractivity contribution >= 4 is 18.0 Å². The summed E-state index contributed by atoms with van der Waals surface area (Å²) in [5.74, 6) is 0.